The molecule has 84 valence electrons. The van der Waals surface area contributed by atoms with Crippen LogP contribution in [0.3, 0.4) is 0 Å². The third-order valence-electron chi connectivity index (χ3n) is 2.32. The van der Waals surface area contributed by atoms with Crippen molar-refractivity contribution in [3.8, 4) is 0 Å². The van der Waals surface area contributed by atoms with Gasteiger partial charge in [-0.3, -0.25) is 4.79 Å². The summed E-state index contributed by atoms with van der Waals surface area (Å²) in [5, 5.41) is 2.71. The molecule has 1 amide bonds. The van der Waals surface area contributed by atoms with E-state index in [1.807, 2.05) is 0 Å². The normalized spacial score (nSPS) is 16.1. The van der Waals surface area contributed by atoms with Crippen LogP contribution in [0.2, 0.25) is 0 Å². The van der Waals surface area contributed by atoms with E-state index in [4.69, 9.17) is 4.74 Å². The number of hydrogen-bond donors (Lipinski definition) is 1. The molecule has 0 saturated carbocycles. The Morgan fingerprint density at radius 1 is 1.33 bits per heavy atom. The van der Waals surface area contributed by atoms with Crippen LogP contribution in [-0.2, 0) is 14.3 Å². The summed E-state index contributed by atoms with van der Waals surface area (Å²) < 4.78 is 4.95. The molecule has 4 nitrogen and oxygen atoms in total. The summed E-state index contributed by atoms with van der Waals surface area (Å²) in [5.74, 6) is -0.422. The van der Waals surface area contributed by atoms with E-state index >= 15 is 0 Å². The molecule has 0 unspecified atom stereocenters. The van der Waals surface area contributed by atoms with Gasteiger partial charge in [0.25, 0.3) is 0 Å². The van der Waals surface area contributed by atoms with E-state index in [-0.39, 0.29) is 11.9 Å². The largest absolute Gasteiger partial charge is 0.463 e. The van der Waals surface area contributed by atoms with Crippen LogP contribution in [0.4, 0.5) is 0 Å². The lowest BCUT2D eigenvalue weighted by Crippen LogP contribution is -2.25. The molecule has 0 atom stereocenters. The summed E-state index contributed by atoms with van der Waals surface area (Å²) >= 11 is 0. The van der Waals surface area contributed by atoms with Gasteiger partial charge in [-0.15, -0.1) is 0 Å². The van der Waals surface area contributed by atoms with Crippen LogP contribution in [0.1, 0.15) is 39.5 Å². The molecule has 1 aliphatic rings. The lowest BCUT2D eigenvalue weighted by atomic mass is 9.96. The number of nitrogens with one attached hydrogen (secondary N) is 1. The molecule has 1 aliphatic carbocycles. The SMILES string of the molecule is CCOC(=O)C1=C(NC(C)=O)CCCC1. The fourth-order valence-electron chi connectivity index (χ4n) is 1.70. The van der Waals surface area contributed by atoms with Crippen LogP contribution < -0.4 is 5.32 Å². The molecule has 0 aromatic rings. The Kier molecular flexibility index (Phi) is 4.34. The van der Waals surface area contributed by atoms with E-state index < -0.39 is 0 Å². The molecular weight excluding hydrogens is 194 g/mol. The monoisotopic (exact) mass is 211 g/mol. The Hall–Kier alpha value is -1.32. The summed E-state index contributed by atoms with van der Waals surface area (Å²) in [5.41, 5.74) is 1.38. The van der Waals surface area contributed by atoms with Crippen molar-refractivity contribution in [3.63, 3.8) is 0 Å². The standard InChI is InChI=1S/C11H17NO3/c1-3-15-11(14)9-6-4-5-7-10(9)12-8(2)13/h3-7H2,1-2H3,(H,12,13). The molecular formula is C11H17NO3. The average Bonchev–Trinajstić information content (AvgIpc) is 2.18. The maximum Gasteiger partial charge on any atom is 0.335 e. The third-order valence-corrected chi connectivity index (χ3v) is 2.32. The molecule has 1 N–H and O–H groups in total. The quantitative estimate of drug-likeness (QED) is 0.720. The van der Waals surface area contributed by atoms with Crippen LogP contribution >= 0.6 is 0 Å². The topological polar surface area (TPSA) is 55.4 Å². The van der Waals surface area contributed by atoms with Gasteiger partial charge < -0.3 is 10.1 Å². The minimum absolute atomic E-state index is 0.131. The minimum Gasteiger partial charge on any atom is -0.463 e. The summed E-state index contributed by atoms with van der Waals surface area (Å²) in [7, 11) is 0. The first-order valence-corrected chi connectivity index (χ1v) is 5.32. The van der Waals surface area contributed by atoms with Gasteiger partial charge >= 0.3 is 5.97 Å². The maximum atomic E-state index is 11.6. The van der Waals surface area contributed by atoms with Crippen LogP contribution in [0, 0.1) is 0 Å². The van der Waals surface area contributed by atoms with Gasteiger partial charge in [0.1, 0.15) is 0 Å². The molecule has 0 fully saturated rings. The van der Waals surface area contributed by atoms with Crippen molar-refractivity contribution in [2.24, 2.45) is 0 Å². The highest BCUT2D eigenvalue weighted by Gasteiger charge is 2.20. The van der Waals surface area contributed by atoms with E-state index in [0.717, 1.165) is 25.0 Å². The van der Waals surface area contributed by atoms with Gasteiger partial charge in [0.2, 0.25) is 5.91 Å². The number of esters is 1. The molecule has 0 aromatic heterocycles. The highest BCUT2D eigenvalue weighted by molar-refractivity contribution is 5.90. The molecule has 15 heavy (non-hydrogen) atoms. The van der Waals surface area contributed by atoms with Crippen molar-refractivity contribution in [3.05, 3.63) is 11.3 Å². The van der Waals surface area contributed by atoms with E-state index in [9.17, 15) is 9.59 Å². The highest BCUT2D eigenvalue weighted by Crippen LogP contribution is 2.23. The van der Waals surface area contributed by atoms with Crippen molar-refractivity contribution in [2.45, 2.75) is 39.5 Å². The fourth-order valence-corrected chi connectivity index (χ4v) is 1.70. The number of rotatable bonds is 3. The van der Waals surface area contributed by atoms with Crippen molar-refractivity contribution in [2.75, 3.05) is 6.61 Å². The van der Waals surface area contributed by atoms with Gasteiger partial charge in [0.15, 0.2) is 0 Å². The van der Waals surface area contributed by atoms with Gasteiger partial charge in [-0.25, -0.2) is 4.79 Å². The van der Waals surface area contributed by atoms with E-state index in [1.54, 1.807) is 6.92 Å². The smallest absolute Gasteiger partial charge is 0.335 e. The number of amides is 1. The summed E-state index contributed by atoms with van der Waals surface area (Å²) in [6, 6.07) is 0. The molecule has 0 spiro atoms. The maximum absolute atomic E-state index is 11.6. The predicted octanol–water partition coefficient (Wildman–Crippen LogP) is 1.51. The predicted molar refractivity (Wildman–Crippen MR) is 55.9 cm³/mol. The number of ether oxygens (including phenoxy) is 1. The van der Waals surface area contributed by atoms with Crippen LogP contribution in [0.15, 0.2) is 11.3 Å². The average molecular weight is 211 g/mol. The zero-order valence-electron chi connectivity index (χ0n) is 9.26. The first kappa shape index (κ1) is 11.8. The van der Waals surface area contributed by atoms with Crippen LogP contribution in [-0.4, -0.2) is 18.5 Å². The van der Waals surface area contributed by atoms with Crippen molar-refractivity contribution < 1.29 is 14.3 Å². The summed E-state index contributed by atoms with van der Waals surface area (Å²) in [4.78, 5) is 22.5. The molecule has 0 radical (unpaired) electrons. The van der Waals surface area contributed by atoms with Crippen molar-refractivity contribution in [1.82, 2.24) is 5.32 Å². The lowest BCUT2D eigenvalue weighted by molar-refractivity contribution is -0.138. The Bertz CT molecular complexity index is 294. The molecule has 0 bridgehead atoms. The van der Waals surface area contributed by atoms with Gasteiger partial charge in [-0.05, 0) is 32.6 Å². The molecule has 1 rings (SSSR count). The van der Waals surface area contributed by atoms with Gasteiger partial charge in [0, 0.05) is 12.6 Å². The summed E-state index contributed by atoms with van der Waals surface area (Å²) in [6.45, 7) is 3.60. The first-order valence-electron chi connectivity index (χ1n) is 5.32. The second-order valence-corrected chi connectivity index (χ2v) is 3.57. The van der Waals surface area contributed by atoms with E-state index in [2.05, 4.69) is 5.32 Å². The molecule has 0 aromatic carbocycles. The van der Waals surface area contributed by atoms with E-state index in [1.165, 1.54) is 6.92 Å². The highest BCUT2D eigenvalue weighted by atomic mass is 16.5. The number of carbonyl (C=O) groups is 2. The van der Waals surface area contributed by atoms with Crippen LogP contribution in [0.25, 0.3) is 0 Å². The Morgan fingerprint density at radius 3 is 2.60 bits per heavy atom. The van der Waals surface area contributed by atoms with E-state index in [0.29, 0.717) is 18.6 Å². The lowest BCUT2D eigenvalue weighted by Gasteiger charge is -2.19. The zero-order valence-corrected chi connectivity index (χ0v) is 9.26. The first-order chi connectivity index (χ1) is 7.15. The van der Waals surface area contributed by atoms with Gasteiger partial charge in [-0.2, -0.15) is 0 Å². The second-order valence-electron chi connectivity index (χ2n) is 3.57. The zero-order chi connectivity index (χ0) is 11.3. The van der Waals surface area contributed by atoms with Gasteiger partial charge in [-0.1, -0.05) is 0 Å². The number of hydrogen-bond acceptors (Lipinski definition) is 3. The minimum atomic E-state index is -0.291. The van der Waals surface area contributed by atoms with Gasteiger partial charge in [0.05, 0.1) is 12.2 Å². The molecule has 0 heterocycles. The van der Waals surface area contributed by atoms with Crippen molar-refractivity contribution in [1.29, 1.82) is 0 Å². The second kappa shape index (κ2) is 5.53. The molecule has 0 aliphatic heterocycles. The van der Waals surface area contributed by atoms with Crippen LogP contribution in [0.5, 0.6) is 0 Å². The Morgan fingerprint density at radius 2 is 2.00 bits per heavy atom. The number of allylic oxidation sites excluding steroid dienone is 1. The number of carbonyl (C=O) groups excluding carboxylic acids is 2. The Labute approximate surface area is 89.7 Å². The molecule has 0 saturated heterocycles. The van der Waals surface area contributed by atoms with Crippen molar-refractivity contribution >= 4 is 11.9 Å². The fraction of sp³-hybridized carbons (Fsp3) is 0.636. The third kappa shape index (κ3) is 3.38. The summed E-state index contributed by atoms with van der Waals surface area (Å²) in [6.07, 6.45) is 3.46. The Balaban J connectivity index is 2.80. The molecule has 4 heteroatoms.